The van der Waals surface area contributed by atoms with Gasteiger partial charge in [0.2, 0.25) is 0 Å². The van der Waals surface area contributed by atoms with Gasteiger partial charge < -0.3 is 0 Å². The Morgan fingerprint density at radius 2 is 0.750 bits per heavy atom. The monoisotopic (exact) mass is 100.0 g/mol. The van der Waals surface area contributed by atoms with Crippen LogP contribution in [0.25, 0.3) is 0 Å². The minimum atomic E-state index is 0. The van der Waals surface area contributed by atoms with Gasteiger partial charge in [-0.3, -0.25) is 0 Å². The molecule has 0 bridgehead atoms. The van der Waals surface area contributed by atoms with E-state index in [1.165, 1.54) is 0 Å². The molecule has 0 unspecified atom stereocenters. The third-order valence-corrected chi connectivity index (χ3v) is 0. The maximum absolute atomic E-state index is 0. The van der Waals surface area contributed by atoms with Crippen LogP contribution >= 0.6 is 0 Å². The molecular formula is H3AlB2Ti. The normalized spacial score (nSPS) is 0. The van der Waals surface area contributed by atoms with Gasteiger partial charge >= 0.3 is 0 Å². The van der Waals surface area contributed by atoms with Gasteiger partial charge in [-0.2, -0.15) is 0 Å². The molecule has 4 heavy (non-hydrogen) atoms. The molecule has 0 saturated heterocycles. The summed E-state index contributed by atoms with van der Waals surface area (Å²) in [7, 11) is 0. The maximum atomic E-state index is 0. The standard InChI is InChI=1S/Al.2B.Ti.3H. The summed E-state index contributed by atoms with van der Waals surface area (Å²) in [6.07, 6.45) is 0. The first-order valence-electron chi connectivity index (χ1n) is 0. The predicted octanol–water partition coefficient (Wildman–Crippen LogP) is -1.95. The van der Waals surface area contributed by atoms with Gasteiger partial charge in [0.15, 0.2) is 17.4 Å². The van der Waals surface area contributed by atoms with Crippen molar-refractivity contribution >= 4 is 34.2 Å². The fourth-order valence-corrected chi connectivity index (χ4v) is 0. The third-order valence-electron chi connectivity index (χ3n) is 0. The Balaban J connectivity index is 0. The Kier molecular flexibility index (Phi) is 358. The Hall–Kier alpha value is 1.38. The Morgan fingerprint density at radius 1 is 0.750 bits per heavy atom. The molecule has 0 spiro atoms. The van der Waals surface area contributed by atoms with Crippen molar-refractivity contribution in [2.24, 2.45) is 0 Å². The molecule has 0 aromatic carbocycles. The van der Waals surface area contributed by atoms with E-state index in [2.05, 4.69) is 0 Å². The third kappa shape index (κ3) is 10.1. The van der Waals surface area contributed by atoms with E-state index in [9.17, 15) is 0 Å². The van der Waals surface area contributed by atoms with Crippen molar-refractivity contribution in [2.75, 3.05) is 0 Å². The summed E-state index contributed by atoms with van der Waals surface area (Å²) in [6, 6.07) is 0. The first-order chi connectivity index (χ1) is 0. The topological polar surface area (TPSA) is 0 Å². The van der Waals surface area contributed by atoms with Crippen molar-refractivity contribution in [3.05, 3.63) is 0 Å². The van der Waals surface area contributed by atoms with Crippen LogP contribution in [0.5, 0.6) is 0 Å². The van der Waals surface area contributed by atoms with Crippen molar-refractivity contribution in [1.29, 1.82) is 0 Å². The first kappa shape index (κ1) is 54.3. The van der Waals surface area contributed by atoms with Gasteiger partial charge in [-0.25, -0.2) is 0 Å². The van der Waals surface area contributed by atoms with Crippen LogP contribution in [0.3, 0.4) is 0 Å². The fraction of sp³-hybridized carbons (Fsp3) is 0. The summed E-state index contributed by atoms with van der Waals surface area (Å²) in [5.41, 5.74) is 0. The van der Waals surface area contributed by atoms with Crippen molar-refractivity contribution in [3.63, 3.8) is 0 Å². The van der Waals surface area contributed by atoms with E-state index >= 15 is 0 Å². The van der Waals surface area contributed by atoms with Crippen LogP contribution in [-0.4, -0.2) is 34.2 Å². The predicted molar refractivity (Wildman–Crippen MR) is 21.4 cm³/mol. The van der Waals surface area contributed by atoms with Gasteiger partial charge in [0.05, 0.1) is 0 Å². The van der Waals surface area contributed by atoms with Crippen LogP contribution < -0.4 is 0 Å². The minimum Gasteiger partial charge on any atom is 0 e. The quantitative estimate of drug-likeness (QED) is 0.310. The molecule has 0 rings (SSSR count). The van der Waals surface area contributed by atoms with E-state index < -0.39 is 0 Å². The summed E-state index contributed by atoms with van der Waals surface area (Å²) < 4.78 is 0. The second-order valence-corrected chi connectivity index (χ2v) is 0. The van der Waals surface area contributed by atoms with E-state index in [1.54, 1.807) is 0 Å². The molecule has 0 saturated carbocycles. The Bertz CT molecular complexity index is 6.00. The molecule has 0 N–H and O–H groups in total. The zero-order valence-corrected chi connectivity index (χ0v) is 3.22. The minimum absolute atomic E-state index is 0. The summed E-state index contributed by atoms with van der Waals surface area (Å²) >= 11 is 0. The van der Waals surface area contributed by atoms with Gasteiger partial charge in [0.25, 0.3) is 0 Å². The van der Waals surface area contributed by atoms with E-state index in [1.807, 2.05) is 0 Å². The van der Waals surface area contributed by atoms with Crippen LogP contribution in [0.2, 0.25) is 0 Å². The van der Waals surface area contributed by atoms with E-state index in [-0.39, 0.29) is 55.9 Å². The molecule has 0 aromatic heterocycles. The van der Waals surface area contributed by atoms with Crippen LogP contribution in [0.1, 0.15) is 0 Å². The maximum Gasteiger partial charge on any atom is 0.187 e. The van der Waals surface area contributed by atoms with Crippen LogP contribution in [0.15, 0.2) is 0 Å². The molecule has 0 aliphatic rings. The van der Waals surface area contributed by atoms with Crippen molar-refractivity contribution in [1.82, 2.24) is 0 Å². The average molecular weight is 99.5 g/mol. The van der Waals surface area contributed by atoms with E-state index in [4.69, 9.17) is 0 Å². The molecule has 16 valence electrons. The molecule has 0 heterocycles. The SMILES string of the molecule is [AlH3].[B].[B].[Ti]. The Labute approximate surface area is 55.9 Å². The number of hydrogen-bond donors (Lipinski definition) is 0. The first-order valence-corrected chi connectivity index (χ1v) is 0. The van der Waals surface area contributed by atoms with Gasteiger partial charge in [-0.05, 0) is 0 Å². The van der Waals surface area contributed by atoms with Gasteiger partial charge in [0, 0.05) is 38.5 Å². The second kappa shape index (κ2) is 26.3. The summed E-state index contributed by atoms with van der Waals surface area (Å²) in [5.74, 6) is 0. The molecule has 6 radical (unpaired) electrons. The van der Waals surface area contributed by atoms with Gasteiger partial charge in [-0.15, -0.1) is 0 Å². The summed E-state index contributed by atoms with van der Waals surface area (Å²) in [4.78, 5) is 0. The summed E-state index contributed by atoms with van der Waals surface area (Å²) in [5, 5.41) is 0. The molecule has 0 aliphatic carbocycles. The molecule has 0 aromatic rings. The Morgan fingerprint density at radius 3 is 0.750 bits per heavy atom. The second-order valence-electron chi connectivity index (χ2n) is 0. The zero-order valence-electron chi connectivity index (χ0n) is 1.65. The van der Waals surface area contributed by atoms with Crippen LogP contribution in [0, 0.1) is 0 Å². The number of hydrogen-bond acceptors (Lipinski definition) is 0. The molecule has 0 aliphatic heterocycles. The van der Waals surface area contributed by atoms with Crippen molar-refractivity contribution in [3.8, 4) is 0 Å². The van der Waals surface area contributed by atoms with Crippen LogP contribution in [-0.2, 0) is 21.7 Å². The van der Waals surface area contributed by atoms with Crippen molar-refractivity contribution < 1.29 is 21.7 Å². The van der Waals surface area contributed by atoms with Crippen molar-refractivity contribution in [2.45, 2.75) is 0 Å². The molecule has 4 heteroatoms. The van der Waals surface area contributed by atoms with E-state index in [0.29, 0.717) is 0 Å². The number of rotatable bonds is 0. The smallest absolute Gasteiger partial charge is 0 e. The fourth-order valence-electron chi connectivity index (χ4n) is 0. The van der Waals surface area contributed by atoms with Crippen LogP contribution in [0.4, 0.5) is 0 Å². The average Bonchev–Trinajstić information content (AvgIpc) is 0. The van der Waals surface area contributed by atoms with Gasteiger partial charge in [-0.1, -0.05) is 0 Å². The largest absolute Gasteiger partial charge is 0.187 e. The molecule has 0 nitrogen and oxygen atoms in total. The van der Waals surface area contributed by atoms with E-state index in [0.717, 1.165) is 0 Å². The molecule has 0 fully saturated rings. The molecule has 0 atom stereocenters. The van der Waals surface area contributed by atoms with Gasteiger partial charge in [0.1, 0.15) is 0 Å². The summed E-state index contributed by atoms with van der Waals surface area (Å²) in [6.45, 7) is 0. The zero-order chi connectivity index (χ0) is 0. The molecular weight excluding hydrogens is 96.5 g/mol. The molecule has 0 amide bonds.